The number of ether oxygens (including phenoxy) is 1. The van der Waals surface area contributed by atoms with Gasteiger partial charge in [0.25, 0.3) is 0 Å². The molecule has 0 spiro atoms. The Morgan fingerprint density at radius 1 is 1.11 bits per heavy atom. The van der Waals surface area contributed by atoms with Gasteiger partial charge in [-0.15, -0.1) is 0 Å². The fourth-order valence-corrected chi connectivity index (χ4v) is 4.31. The van der Waals surface area contributed by atoms with Crippen LogP contribution in [0.15, 0.2) is 47.3 Å². The van der Waals surface area contributed by atoms with E-state index in [0.717, 1.165) is 10.6 Å². The van der Waals surface area contributed by atoms with Crippen LogP contribution >= 0.6 is 15.9 Å². The van der Waals surface area contributed by atoms with E-state index in [1.54, 1.807) is 18.2 Å². The van der Waals surface area contributed by atoms with Crippen LogP contribution in [-0.2, 0) is 16.4 Å². The summed E-state index contributed by atoms with van der Waals surface area (Å²) in [7, 11) is -0.724. The second-order valence-electron chi connectivity index (χ2n) is 7.75. The number of hydrogen-bond acceptors (Lipinski definition) is 9. The molecule has 10 nitrogen and oxygen atoms in total. The Kier molecular flexibility index (Phi) is 7.22. The molecule has 36 heavy (non-hydrogen) atoms. The molecule has 0 saturated heterocycles. The van der Waals surface area contributed by atoms with E-state index < -0.39 is 10.0 Å². The Balaban J connectivity index is 1.76. The molecule has 0 radical (unpaired) electrons. The van der Waals surface area contributed by atoms with Crippen LogP contribution in [0.25, 0.3) is 11.0 Å². The summed E-state index contributed by atoms with van der Waals surface area (Å²) < 4.78 is 46.0. The number of hydrogen-bond donors (Lipinski definition) is 2. The van der Waals surface area contributed by atoms with Gasteiger partial charge in [0.2, 0.25) is 16.0 Å². The second-order valence-corrected chi connectivity index (χ2v) is 10.6. The number of sulfonamides is 1. The predicted octanol–water partition coefficient (Wildman–Crippen LogP) is 4.78. The predicted molar refractivity (Wildman–Crippen MR) is 141 cm³/mol. The van der Waals surface area contributed by atoms with E-state index in [9.17, 15) is 12.8 Å². The molecule has 2 aromatic carbocycles. The summed E-state index contributed by atoms with van der Waals surface area (Å²) in [6, 6.07) is 6.39. The van der Waals surface area contributed by atoms with Crippen molar-refractivity contribution in [3.05, 3.63) is 58.7 Å². The zero-order valence-corrected chi connectivity index (χ0v) is 22.3. The first kappa shape index (κ1) is 25.5. The van der Waals surface area contributed by atoms with E-state index in [4.69, 9.17) is 4.74 Å². The highest BCUT2D eigenvalue weighted by Gasteiger charge is 2.22. The zero-order chi connectivity index (χ0) is 26.0. The maximum Gasteiger partial charge on any atom is 0.232 e. The van der Waals surface area contributed by atoms with Gasteiger partial charge in [0, 0.05) is 31.7 Å². The number of anilines is 5. The average Bonchev–Trinajstić information content (AvgIpc) is 2.85. The van der Waals surface area contributed by atoms with Crippen molar-refractivity contribution in [2.45, 2.75) is 13.3 Å². The van der Waals surface area contributed by atoms with Crippen LogP contribution in [0.4, 0.5) is 33.2 Å². The molecule has 4 aromatic rings. The average molecular weight is 576 g/mol. The molecular weight excluding hydrogens is 553 g/mol. The van der Waals surface area contributed by atoms with Crippen LogP contribution in [0.5, 0.6) is 5.75 Å². The molecule has 0 unspecified atom stereocenters. The SMILES string of the molecule is CCc1cc(Nc2ncc(Br)c(Nc3ccc4nccnc4c3N(C)S(C)(=O)=O)n2)c(OC)cc1F. The highest BCUT2D eigenvalue weighted by molar-refractivity contribution is 9.10. The van der Waals surface area contributed by atoms with Crippen LogP contribution in [0, 0.1) is 5.82 Å². The number of nitrogens with zero attached hydrogens (tertiary/aromatic N) is 5. The Bertz CT molecular complexity index is 1550. The molecule has 2 aromatic heterocycles. The Morgan fingerprint density at radius 3 is 2.56 bits per heavy atom. The lowest BCUT2D eigenvalue weighted by molar-refractivity contribution is 0.413. The van der Waals surface area contributed by atoms with E-state index in [1.807, 2.05) is 6.92 Å². The van der Waals surface area contributed by atoms with Crippen LogP contribution in [-0.4, -0.2) is 48.8 Å². The van der Waals surface area contributed by atoms with E-state index in [2.05, 4.69) is 46.5 Å². The van der Waals surface area contributed by atoms with Gasteiger partial charge < -0.3 is 15.4 Å². The quantitative estimate of drug-likeness (QED) is 0.305. The maximum absolute atomic E-state index is 14.2. The van der Waals surface area contributed by atoms with Gasteiger partial charge in [-0.05, 0) is 46.1 Å². The van der Waals surface area contributed by atoms with Crippen molar-refractivity contribution in [2.24, 2.45) is 0 Å². The molecule has 0 aliphatic heterocycles. The monoisotopic (exact) mass is 575 g/mol. The standard InChI is InChI=1S/C23H23BrFN7O3S/c1-5-13-10-18(19(35-3)11-15(13)25)30-23-28-12-14(24)22(31-23)29-17-7-6-16-20(27-9-8-26-16)21(17)32(2)36(4,33)34/h6-12H,5H2,1-4H3,(H2,28,29,30,31). The minimum absolute atomic E-state index is 0.214. The number of fused-ring (bicyclic) bond motifs is 1. The van der Waals surface area contributed by atoms with Crippen molar-refractivity contribution in [1.29, 1.82) is 0 Å². The van der Waals surface area contributed by atoms with Crippen LogP contribution in [0.3, 0.4) is 0 Å². The van der Waals surface area contributed by atoms with Gasteiger partial charge in [-0.3, -0.25) is 14.3 Å². The third kappa shape index (κ3) is 5.16. The molecule has 0 fully saturated rings. The van der Waals surface area contributed by atoms with Gasteiger partial charge >= 0.3 is 0 Å². The lowest BCUT2D eigenvalue weighted by Gasteiger charge is -2.22. The summed E-state index contributed by atoms with van der Waals surface area (Å²) in [6.45, 7) is 1.85. The molecular formula is C23H23BrFN7O3S. The molecule has 0 bridgehead atoms. The van der Waals surface area contributed by atoms with Crippen molar-refractivity contribution in [3.63, 3.8) is 0 Å². The topological polar surface area (TPSA) is 122 Å². The lowest BCUT2D eigenvalue weighted by Crippen LogP contribution is -2.26. The molecule has 2 heterocycles. The Morgan fingerprint density at radius 2 is 1.86 bits per heavy atom. The molecule has 0 amide bonds. The van der Waals surface area contributed by atoms with Gasteiger partial charge in [-0.1, -0.05) is 6.92 Å². The number of benzene rings is 2. The highest BCUT2D eigenvalue weighted by atomic mass is 79.9. The highest BCUT2D eigenvalue weighted by Crippen LogP contribution is 2.37. The molecule has 4 rings (SSSR count). The normalized spacial score (nSPS) is 11.4. The fourth-order valence-electron chi connectivity index (χ4n) is 3.51. The van der Waals surface area contributed by atoms with Crippen LogP contribution < -0.4 is 19.7 Å². The fraction of sp³-hybridized carbons (Fsp3) is 0.217. The van der Waals surface area contributed by atoms with Gasteiger partial charge in [-0.25, -0.2) is 17.8 Å². The van der Waals surface area contributed by atoms with E-state index in [-0.39, 0.29) is 11.8 Å². The van der Waals surface area contributed by atoms with Gasteiger partial charge in [-0.2, -0.15) is 4.98 Å². The van der Waals surface area contributed by atoms with Crippen molar-refractivity contribution in [3.8, 4) is 5.75 Å². The summed E-state index contributed by atoms with van der Waals surface area (Å²) in [5.41, 5.74) is 2.71. The van der Waals surface area contributed by atoms with Gasteiger partial charge in [0.15, 0.2) is 0 Å². The number of aromatic nitrogens is 4. The summed E-state index contributed by atoms with van der Waals surface area (Å²) in [5, 5.41) is 6.24. The Hall–Kier alpha value is -3.58. The first-order valence-corrected chi connectivity index (χ1v) is 13.4. The summed E-state index contributed by atoms with van der Waals surface area (Å²) in [6.07, 6.45) is 6.17. The van der Waals surface area contributed by atoms with Crippen molar-refractivity contribution < 1.29 is 17.5 Å². The number of aryl methyl sites for hydroxylation is 1. The van der Waals surface area contributed by atoms with E-state index >= 15 is 0 Å². The molecule has 0 saturated carbocycles. The van der Waals surface area contributed by atoms with Crippen LogP contribution in [0.1, 0.15) is 12.5 Å². The molecule has 188 valence electrons. The number of methoxy groups -OCH3 is 1. The third-order valence-corrected chi connectivity index (χ3v) is 7.18. The molecule has 0 atom stereocenters. The minimum Gasteiger partial charge on any atom is -0.494 e. The summed E-state index contributed by atoms with van der Waals surface area (Å²) in [5.74, 6) is 0.513. The van der Waals surface area contributed by atoms with E-state index in [1.165, 1.54) is 38.8 Å². The molecule has 2 N–H and O–H groups in total. The molecule has 0 aliphatic carbocycles. The lowest BCUT2D eigenvalue weighted by atomic mass is 10.1. The first-order valence-electron chi connectivity index (χ1n) is 10.7. The smallest absolute Gasteiger partial charge is 0.232 e. The maximum atomic E-state index is 14.2. The molecule has 0 aliphatic rings. The third-order valence-electron chi connectivity index (χ3n) is 5.42. The number of rotatable bonds is 8. The second kappa shape index (κ2) is 10.2. The minimum atomic E-state index is -3.61. The van der Waals surface area contributed by atoms with Crippen molar-refractivity contribution in [2.75, 3.05) is 35.4 Å². The number of halogens is 2. The Labute approximate surface area is 216 Å². The van der Waals surface area contributed by atoms with Crippen LogP contribution in [0.2, 0.25) is 0 Å². The van der Waals surface area contributed by atoms with E-state index in [0.29, 0.717) is 56.1 Å². The molecule has 13 heteroatoms. The largest absolute Gasteiger partial charge is 0.494 e. The van der Waals surface area contributed by atoms with Crippen molar-refractivity contribution in [1.82, 2.24) is 19.9 Å². The summed E-state index contributed by atoms with van der Waals surface area (Å²) >= 11 is 3.44. The zero-order valence-electron chi connectivity index (χ0n) is 19.9. The van der Waals surface area contributed by atoms with Gasteiger partial charge in [0.05, 0.1) is 34.7 Å². The summed E-state index contributed by atoms with van der Waals surface area (Å²) in [4.78, 5) is 17.4. The van der Waals surface area contributed by atoms with Crippen molar-refractivity contribution >= 4 is 65.8 Å². The number of nitrogens with one attached hydrogen (secondary N) is 2. The first-order chi connectivity index (χ1) is 17.1. The van der Waals surface area contributed by atoms with Gasteiger partial charge in [0.1, 0.15) is 28.6 Å².